The molecule has 0 bridgehead atoms. The van der Waals surface area contributed by atoms with Gasteiger partial charge in [-0.25, -0.2) is 0 Å². The molecule has 0 fully saturated rings. The summed E-state index contributed by atoms with van der Waals surface area (Å²) in [6, 6.07) is 15.5. The number of thioether (sulfide) groups is 1. The van der Waals surface area contributed by atoms with Crippen molar-refractivity contribution in [1.82, 2.24) is 10.2 Å². The topological polar surface area (TPSA) is 76.5 Å². The van der Waals surface area contributed by atoms with Crippen molar-refractivity contribution in [2.24, 2.45) is 0 Å². The molecule has 8 heteroatoms. The van der Waals surface area contributed by atoms with Gasteiger partial charge in [0.2, 0.25) is 5.13 Å². The van der Waals surface area contributed by atoms with E-state index in [0.717, 1.165) is 20.7 Å². The second kappa shape index (κ2) is 10.8. The molecule has 0 radical (unpaired) electrons. The number of benzene rings is 2. The lowest BCUT2D eigenvalue weighted by Crippen LogP contribution is -2.20. The fourth-order valence-corrected chi connectivity index (χ4v) is 4.17. The number of para-hydroxylation sites is 1. The second-order valence-corrected chi connectivity index (χ2v) is 8.29. The molecule has 1 aromatic heterocycles. The fourth-order valence-electron chi connectivity index (χ4n) is 2.46. The Kier molecular flexibility index (Phi) is 7.92. The van der Waals surface area contributed by atoms with Crippen molar-refractivity contribution in [3.8, 4) is 11.5 Å². The molecule has 2 aromatic carbocycles. The number of aliphatic hydroxyl groups is 1. The number of allylic oxidation sites excluding steroid dienone is 1. The summed E-state index contributed by atoms with van der Waals surface area (Å²) < 4.78 is 11.9. The molecule has 1 atom stereocenters. The maximum Gasteiger partial charge on any atom is 0.210 e. The monoisotopic (exact) mass is 429 g/mol. The van der Waals surface area contributed by atoms with E-state index in [1.54, 1.807) is 7.11 Å². The zero-order chi connectivity index (χ0) is 20.5. The molecule has 6 nitrogen and oxygen atoms in total. The molecule has 0 aliphatic carbocycles. The number of methoxy groups -OCH3 is 1. The van der Waals surface area contributed by atoms with Crippen LogP contribution < -0.4 is 14.8 Å². The van der Waals surface area contributed by atoms with Crippen LogP contribution in [0.15, 0.2) is 58.9 Å². The Morgan fingerprint density at radius 1 is 1.17 bits per heavy atom. The Bertz CT molecular complexity index is 932. The summed E-state index contributed by atoms with van der Waals surface area (Å²) in [5, 5.41) is 22.5. The van der Waals surface area contributed by atoms with Crippen LogP contribution in [-0.4, -0.2) is 40.9 Å². The summed E-state index contributed by atoms with van der Waals surface area (Å²) in [4.78, 5) is 0. The van der Waals surface area contributed by atoms with Gasteiger partial charge in [-0.3, -0.25) is 0 Å². The maximum absolute atomic E-state index is 10.3. The van der Waals surface area contributed by atoms with Gasteiger partial charge in [-0.1, -0.05) is 59.5 Å². The average molecular weight is 430 g/mol. The van der Waals surface area contributed by atoms with Gasteiger partial charge in [0.15, 0.2) is 15.8 Å². The highest BCUT2D eigenvalue weighted by atomic mass is 32.2. The second-order valence-electron chi connectivity index (χ2n) is 6.05. The molecular formula is C21H23N3O3S2. The molecule has 1 heterocycles. The minimum atomic E-state index is -0.644. The number of aromatic nitrogens is 2. The number of nitrogens with one attached hydrogen (secondary N) is 1. The van der Waals surface area contributed by atoms with Gasteiger partial charge >= 0.3 is 0 Å². The van der Waals surface area contributed by atoms with Gasteiger partial charge in [0.05, 0.1) is 13.2 Å². The third-order valence-corrected chi connectivity index (χ3v) is 5.93. The molecule has 0 spiro atoms. The molecule has 0 saturated carbocycles. The predicted molar refractivity (Wildman–Crippen MR) is 120 cm³/mol. The number of anilines is 2. The quantitative estimate of drug-likeness (QED) is 0.446. The van der Waals surface area contributed by atoms with Crippen molar-refractivity contribution in [2.75, 3.05) is 24.8 Å². The van der Waals surface area contributed by atoms with Crippen LogP contribution in [0.1, 0.15) is 12.5 Å². The predicted octanol–water partition coefficient (Wildman–Crippen LogP) is 4.86. The smallest absolute Gasteiger partial charge is 0.210 e. The lowest BCUT2D eigenvalue weighted by atomic mass is 10.2. The first-order chi connectivity index (χ1) is 14.2. The molecule has 0 aliphatic rings. The highest BCUT2D eigenvalue weighted by Crippen LogP contribution is 2.30. The van der Waals surface area contributed by atoms with E-state index in [9.17, 15) is 5.11 Å². The van der Waals surface area contributed by atoms with Gasteiger partial charge in [0.1, 0.15) is 6.61 Å². The summed E-state index contributed by atoms with van der Waals surface area (Å²) >= 11 is 2.90. The van der Waals surface area contributed by atoms with E-state index < -0.39 is 6.10 Å². The molecule has 0 saturated heterocycles. The van der Waals surface area contributed by atoms with Crippen molar-refractivity contribution >= 4 is 40.0 Å². The van der Waals surface area contributed by atoms with E-state index in [4.69, 9.17) is 9.47 Å². The standard InChI is InChI=1S/C21H23N3O3S2/c1-3-7-15-10-11-18(19(12-15)26-2)27-13-17(25)14-28-21-24-23-20(29-21)22-16-8-5-4-6-9-16/h3-12,17,25H,13-14H2,1-2H3,(H,22,23)/b7-3+. The van der Waals surface area contributed by atoms with Crippen molar-refractivity contribution in [1.29, 1.82) is 0 Å². The van der Waals surface area contributed by atoms with Crippen LogP contribution in [0.3, 0.4) is 0 Å². The Labute approximate surface area is 178 Å². The molecule has 0 aliphatic heterocycles. The molecule has 2 N–H and O–H groups in total. The SMILES string of the molecule is C/C=C/c1ccc(OCC(O)CSc2nnc(Nc3ccccc3)s2)c(OC)c1. The highest BCUT2D eigenvalue weighted by Gasteiger charge is 2.12. The van der Waals surface area contributed by atoms with Crippen molar-refractivity contribution in [3.05, 3.63) is 60.2 Å². The number of aliphatic hydroxyl groups excluding tert-OH is 1. The third kappa shape index (κ3) is 6.49. The van der Waals surface area contributed by atoms with E-state index in [0.29, 0.717) is 17.3 Å². The van der Waals surface area contributed by atoms with Gasteiger partial charge in [0.25, 0.3) is 0 Å². The number of hydrogen-bond acceptors (Lipinski definition) is 8. The molecule has 3 aromatic rings. The van der Waals surface area contributed by atoms with E-state index in [1.165, 1.54) is 23.1 Å². The van der Waals surface area contributed by atoms with Crippen molar-refractivity contribution in [2.45, 2.75) is 17.4 Å². The first-order valence-corrected chi connectivity index (χ1v) is 10.9. The number of rotatable bonds is 10. The van der Waals surface area contributed by atoms with Crippen LogP contribution in [-0.2, 0) is 0 Å². The molecule has 1 unspecified atom stereocenters. The normalized spacial score (nSPS) is 12.1. The van der Waals surface area contributed by atoms with Crippen LogP contribution in [0, 0.1) is 0 Å². The van der Waals surface area contributed by atoms with Gasteiger partial charge < -0.3 is 19.9 Å². The van der Waals surface area contributed by atoms with E-state index in [1.807, 2.05) is 67.6 Å². The Morgan fingerprint density at radius 2 is 2.00 bits per heavy atom. The highest BCUT2D eigenvalue weighted by molar-refractivity contribution is 8.01. The summed E-state index contributed by atoms with van der Waals surface area (Å²) in [6.07, 6.45) is 3.31. The number of hydrogen-bond donors (Lipinski definition) is 2. The number of nitrogens with zero attached hydrogens (tertiary/aromatic N) is 2. The zero-order valence-corrected chi connectivity index (χ0v) is 17.9. The first kappa shape index (κ1) is 21.2. The summed E-state index contributed by atoms with van der Waals surface area (Å²) in [5.74, 6) is 1.70. The first-order valence-electron chi connectivity index (χ1n) is 9.08. The molecule has 152 valence electrons. The van der Waals surface area contributed by atoms with Gasteiger partial charge in [-0.05, 0) is 36.8 Å². The van der Waals surface area contributed by atoms with Gasteiger partial charge in [-0.15, -0.1) is 10.2 Å². The molecule has 3 rings (SSSR count). The van der Waals surface area contributed by atoms with Crippen LogP contribution in [0.2, 0.25) is 0 Å². The summed E-state index contributed by atoms with van der Waals surface area (Å²) in [7, 11) is 1.60. The minimum Gasteiger partial charge on any atom is -0.493 e. The maximum atomic E-state index is 10.3. The Balaban J connectivity index is 1.47. The number of ether oxygens (including phenoxy) is 2. The van der Waals surface area contributed by atoms with Crippen LogP contribution in [0.25, 0.3) is 6.08 Å². The Hall–Kier alpha value is -2.55. The average Bonchev–Trinajstić information content (AvgIpc) is 3.19. The Morgan fingerprint density at radius 3 is 2.76 bits per heavy atom. The fraction of sp³-hybridized carbons (Fsp3) is 0.238. The molecule has 0 amide bonds. The van der Waals surface area contributed by atoms with Crippen molar-refractivity contribution < 1.29 is 14.6 Å². The van der Waals surface area contributed by atoms with Gasteiger partial charge in [0, 0.05) is 11.4 Å². The molecular weight excluding hydrogens is 406 g/mol. The largest absolute Gasteiger partial charge is 0.493 e. The third-order valence-electron chi connectivity index (χ3n) is 3.81. The van der Waals surface area contributed by atoms with Gasteiger partial charge in [-0.2, -0.15) is 0 Å². The van der Waals surface area contributed by atoms with Crippen LogP contribution in [0.5, 0.6) is 11.5 Å². The molecule has 29 heavy (non-hydrogen) atoms. The lowest BCUT2D eigenvalue weighted by molar-refractivity contribution is 0.124. The van der Waals surface area contributed by atoms with E-state index in [2.05, 4.69) is 15.5 Å². The van der Waals surface area contributed by atoms with E-state index >= 15 is 0 Å². The van der Waals surface area contributed by atoms with Crippen LogP contribution >= 0.6 is 23.1 Å². The zero-order valence-electron chi connectivity index (χ0n) is 16.2. The lowest BCUT2D eigenvalue weighted by Gasteiger charge is -2.14. The minimum absolute atomic E-state index is 0.167. The van der Waals surface area contributed by atoms with Crippen LogP contribution in [0.4, 0.5) is 10.8 Å². The summed E-state index contributed by atoms with van der Waals surface area (Å²) in [5.41, 5.74) is 1.99. The summed E-state index contributed by atoms with van der Waals surface area (Å²) in [6.45, 7) is 2.13. The van der Waals surface area contributed by atoms with E-state index in [-0.39, 0.29) is 6.61 Å². The van der Waals surface area contributed by atoms with Crippen molar-refractivity contribution in [3.63, 3.8) is 0 Å².